The summed E-state index contributed by atoms with van der Waals surface area (Å²) in [5.41, 5.74) is 1.49. The summed E-state index contributed by atoms with van der Waals surface area (Å²) in [5, 5.41) is 2.89. The number of hydrogen-bond acceptors (Lipinski definition) is 2. The number of nitrogens with one attached hydrogen (secondary N) is 1. The Balaban J connectivity index is 2.19. The standard InChI is InChI=1S/C14H12BrNOS/c1-18-13-5-3-2-4-12(13)14(17)16-11-8-6-10(15)7-9-11/h2-9H,1H3,(H,16,17). The zero-order valence-corrected chi connectivity index (χ0v) is 12.2. The average Bonchev–Trinajstić information content (AvgIpc) is 2.41. The van der Waals surface area contributed by atoms with Gasteiger partial charge in [-0.15, -0.1) is 11.8 Å². The van der Waals surface area contributed by atoms with Crippen LogP contribution in [0.5, 0.6) is 0 Å². The number of hydrogen-bond donors (Lipinski definition) is 1. The van der Waals surface area contributed by atoms with Crippen LogP contribution in [0.4, 0.5) is 5.69 Å². The third kappa shape index (κ3) is 3.15. The minimum atomic E-state index is -0.0812. The van der Waals surface area contributed by atoms with E-state index < -0.39 is 0 Å². The molecule has 0 aromatic heterocycles. The summed E-state index contributed by atoms with van der Waals surface area (Å²) in [6.45, 7) is 0. The lowest BCUT2D eigenvalue weighted by Crippen LogP contribution is -2.12. The highest BCUT2D eigenvalue weighted by Gasteiger charge is 2.10. The van der Waals surface area contributed by atoms with Gasteiger partial charge < -0.3 is 5.32 Å². The summed E-state index contributed by atoms with van der Waals surface area (Å²) in [7, 11) is 0. The van der Waals surface area contributed by atoms with Crippen molar-refractivity contribution in [2.75, 3.05) is 11.6 Å². The maximum absolute atomic E-state index is 12.1. The van der Waals surface area contributed by atoms with Gasteiger partial charge in [0.25, 0.3) is 5.91 Å². The van der Waals surface area contributed by atoms with Crippen LogP contribution in [0.2, 0.25) is 0 Å². The van der Waals surface area contributed by atoms with Crippen molar-refractivity contribution >= 4 is 39.3 Å². The van der Waals surface area contributed by atoms with Gasteiger partial charge in [-0.1, -0.05) is 28.1 Å². The molecule has 1 N–H and O–H groups in total. The number of thioether (sulfide) groups is 1. The number of carbonyl (C=O) groups excluding carboxylic acids is 1. The van der Waals surface area contributed by atoms with Crippen LogP contribution in [0.1, 0.15) is 10.4 Å². The first kappa shape index (κ1) is 13.2. The third-order valence-corrected chi connectivity index (χ3v) is 3.78. The largest absolute Gasteiger partial charge is 0.322 e. The van der Waals surface area contributed by atoms with Crippen molar-refractivity contribution in [2.24, 2.45) is 0 Å². The Morgan fingerprint density at radius 2 is 1.78 bits per heavy atom. The Labute approximate surface area is 119 Å². The van der Waals surface area contributed by atoms with Gasteiger partial charge >= 0.3 is 0 Å². The first-order valence-electron chi connectivity index (χ1n) is 5.40. The van der Waals surface area contributed by atoms with E-state index in [1.54, 1.807) is 11.8 Å². The van der Waals surface area contributed by atoms with Gasteiger partial charge in [0.05, 0.1) is 5.56 Å². The quantitative estimate of drug-likeness (QED) is 0.848. The van der Waals surface area contributed by atoms with Crippen LogP contribution in [0.3, 0.4) is 0 Å². The van der Waals surface area contributed by atoms with Gasteiger partial charge in [0.15, 0.2) is 0 Å². The van der Waals surface area contributed by atoms with E-state index in [0.717, 1.165) is 15.1 Å². The van der Waals surface area contributed by atoms with Gasteiger partial charge in [-0.3, -0.25) is 4.79 Å². The van der Waals surface area contributed by atoms with E-state index in [2.05, 4.69) is 21.2 Å². The van der Waals surface area contributed by atoms with E-state index in [4.69, 9.17) is 0 Å². The van der Waals surface area contributed by atoms with Crippen molar-refractivity contribution in [1.82, 2.24) is 0 Å². The van der Waals surface area contributed by atoms with Gasteiger partial charge in [0.1, 0.15) is 0 Å². The number of amides is 1. The molecule has 0 saturated heterocycles. The van der Waals surface area contributed by atoms with E-state index in [9.17, 15) is 4.79 Å². The van der Waals surface area contributed by atoms with Gasteiger partial charge in [-0.2, -0.15) is 0 Å². The second kappa shape index (κ2) is 6.07. The number of halogens is 1. The monoisotopic (exact) mass is 321 g/mol. The molecule has 2 nitrogen and oxygen atoms in total. The molecule has 0 heterocycles. The lowest BCUT2D eigenvalue weighted by atomic mass is 10.2. The van der Waals surface area contributed by atoms with Crippen LogP contribution in [0.15, 0.2) is 57.9 Å². The van der Waals surface area contributed by atoms with Gasteiger partial charge in [-0.25, -0.2) is 0 Å². The molecule has 92 valence electrons. The van der Waals surface area contributed by atoms with Gasteiger partial charge in [0.2, 0.25) is 0 Å². The summed E-state index contributed by atoms with van der Waals surface area (Å²) in [5.74, 6) is -0.0812. The summed E-state index contributed by atoms with van der Waals surface area (Å²) in [6, 6.07) is 15.1. The van der Waals surface area contributed by atoms with Crippen LogP contribution in [-0.4, -0.2) is 12.2 Å². The molecule has 18 heavy (non-hydrogen) atoms. The van der Waals surface area contributed by atoms with Crippen LogP contribution in [0, 0.1) is 0 Å². The lowest BCUT2D eigenvalue weighted by Gasteiger charge is -2.08. The second-order valence-electron chi connectivity index (χ2n) is 3.66. The zero-order valence-electron chi connectivity index (χ0n) is 9.81. The summed E-state index contributed by atoms with van der Waals surface area (Å²) in [4.78, 5) is 13.1. The fraction of sp³-hybridized carbons (Fsp3) is 0.0714. The Morgan fingerprint density at radius 1 is 1.11 bits per heavy atom. The number of benzene rings is 2. The van der Waals surface area contributed by atoms with Crippen molar-refractivity contribution in [3.63, 3.8) is 0 Å². The molecule has 0 saturated carbocycles. The normalized spacial score (nSPS) is 10.1. The van der Waals surface area contributed by atoms with Crippen molar-refractivity contribution < 1.29 is 4.79 Å². The van der Waals surface area contributed by atoms with E-state index >= 15 is 0 Å². The summed E-state index contributed by atoms with van der Waals surface area (Å²) >= 11 is 4.93. The highest BCUT2D eigenvalue weighted by Crippen LogP contribution is 2.21. The zero-order chi connectivity index (χ0) is 13.0. The smallest absolute Gasteiger partial charge is 0.256 e. The second-order valence-corrected chi connectivity index (χ2v) is 5.43. The van der Waals surface area contributed by atoms with Crippen LogP contribution >= 0.6 is 27.7 Å². The molecular formula is C14H12BrNOS. The van der Waals surface area contributed by atoms with E-state index in [-0.39, 0.29) is 5.91 Å². The van der Waals surface area contributed by atoms with Gasteiger partial charge in [-0.05, 0) is 42.7 Å². The molecule has 0 atom stereocenters. The molecule has 0 unspecified atom stereocenters. The Hall–Kier alpha value is -1.26. The van der Waals surface area contributed by atoms with Crippen molar-refractivity contribution in [3.8, 4) is 0 Å². The Kier molecular flexibility index (Phi) is 4.44. The van der Waals surface area contributed by atoms with Crippen molar-refractivity contribution in [2.45, 2.75) is 4.90 Å². The molecule has 0 radical (unpaired) electrons. The summed E-state index contributed by atoms with van der Waals surface area (Å²) < 4.78 is 0.991. The maximum Gasteiger partial charge on any atom is 0.256 e. The van der Waals surface area contributed by atoms with Crippen molar-refractivity contribution in [1.29, 1.82) is 0 Å². The Bertz CT molecular complexity index is 554. The SMILES string of the molecule is CSc1ccccc1C(=O)Nc1ccc(Br)cc1. The fourth-order valence-electron chi connectivity index (χ4n) is 1.56. The third-order valence-electron chi connectivity index (χ3n) is 2.45. The molecule has 0 aliphatic heterocycles. The average molecular weight is 322 g/mol. The summed E-state index contributed by atoms with van der Waals surface area (Å²) in [6.07, 6.45) is 1.96. The first-order chi connectivity index (χ1) is 8.70. The molecule has 2 aromatic carbocycles. The lowest BCUT2D eigenvalue weighted by molar-refractivity contribution is 0.102. The van der Waals surface area contributed by atoms with E-state index in [0.29, 0.717) is 5.56 Å². The highest BCUT2D eigenvalue weighted by molar-refractivity contribution is 9.10. The number of carbonyl (C=O) groups is 1. The molecule has 0 spiro atoms. The molecule has 2 aromatic rings. The van der Waals surface area contributed by atoms with Crippen LogP contribution in [-0.2, 0) is 0 Å². The van der Waals surface area contributed by atoms with Crippen LogP contribution < -0.4 is 5.32 Å². The first-order valence-corrected chi connectivity index (χ1v) is 7.42. The molecule has 0 aliphatic carbocycles. The molecule has 0 bridgehead atoms. The van der Waals surface area contributed by atoms with Crippen LogP contribution in [0.25, 0.3) is 0 Å². The highest BCUT2D eigenvalue weighted by atomic mass is 79.9. The molecule has 2 rings (SSSR count). The van der Waals surface area contributed by atoms with Gasteiger partial charge in [0, 0.05) is 15.1 Å². The van der Waals surface area contributed by atoms with Crippen molar-refractivity contribution in [3.05, 3.63) is 58.6 Å². The van der Waals surface area contributed by atoms with E-state index in [1.165, 1.54) is 0 Å². The molecule has 0 fully saturated rings. The predicted octanol–water partition coefficient (Wildman–Crippen LogP) is 4.42. The van der Waals surface area contributed by atoms with E-state index in [1.807, 2.05) is 54.8 Å². The fourth-order valence-corrected chi connectivity index (χ4v) is 2.42. The number of anilines is 1. The maximum atomic E-state index is 12.1. The topological polar surface area (TPSA) is 29.1 Å². The minimum Gasteiger partial charge on any atom is -0.322 e. The predicted molar refractivity (Wildman–Crippen MR) is 80.3 cm³/mol. The minimum absolute atomic E-state index is 0.0812. The number of rotatable bonds is 3. The molecule has 0 aliphatic rings. The molecule has 1 amide bonds. The molecular weight excluding hydrogens is 310 g/mol. The molecule has 4 heteroatoms. The Morgan fingerprint density at radius 3 is 2.44 bits per heavy atom.